The molecule has 5 nitrogen and oxygen atoms in total. The Morgan fingerprint density at radius 3 is 2.90 bits per heavy atom. The fraction of sp³-hybridized carbons (Fsp3) is 0.364. The number of hydrogen-bond donors (Lipinski definition) is 3. The van der Waals surface area contributed by atoms with Gasteiger partial charge in [0.25, 0.3) is 5.91 Å². The molecule has 0 radical (unpaired) electrons. The van der Waals surface area contributed by atoms with Crippen LogP contribution in [0.4, 0.5) is 4.39 Å². The molecule has 1 fully saturated rings. The van der Waals surface area contributed by atoms with Gasteiger partial charge in [-0.2, -0.15) is 0 Å². The highest BCUT2D eigenvalue weighted by Crippen LogP contribution is 2.26. The highest BCUT2D eigenvalue weighted by molar-refractivity contribution is 7.27. The molecule has 3 N–H and O–H groups in total. The number of aromatic nitrogens is 2. The number of aliphatic hydroxyl groups excluding tert-OH is 1. The van der Waals surface area contributed by atoms with Gasteiger partial charge in [-0.1, -0.05) is 18.9 Å². The molecule has 0 saturated heterocycles. The van der Waals surface area contributed by atoms with Gasteiger partial charge in [0.05, 0.1) is 35.1 Å². The first-order chi connectivity index (χ1) is 13.9. The number of benzene rings is 2. The Labute approximate surface area is 171 Å². The summed E-state index contributed by atoms with van der Waals surface area (Å²) in [4.78, 5) is 20.5. The van der Waals surface area contributed by atoms with Crippen molar-refractivity contribution in [2.45, 2.75) is 51.2 Å². The predicted molar refractivity (Wildman–Crippen MR) is 115 cm³/mol. The minimum Gasteiger partial charge on any atom is -0.391 e. The predicted octanol–water partition coefficient (Wildman–Crippen LogP) is 3.13. The number of rotatable bonds is 4. The van der Waals surface area contributed by atoms with Crippen molar-refractivity contribution in [1.82, 2.24) is 15.3 Å². The Balaban J connectivity index is 1.68. The maximum atomic E-state index is 13.6. The zero-order valence-electron chi connectivity index (χ0n) is 16.3. The van der Waals surface area contributed by atoms with Crippen LogP contribution >= 0.6 is 9.24 Å². The van der Waals surface area contributed by atoms with Crippen molar-refractivity contribution in [2.24, 2.45) is 0 Å². The number of nitrogens with zero attached hydrogens (tertiary/aromatic N) is 1. The molecule has 1 aliphatic rings. The molecule has 3 aromatic rings. The zero-order valence-corrected chi connectivity index (χ0v) is 17.5. The number of nitrogens with one attached hydrogen (secondary N) is 2. The molecule has 7 heteroatoms. The maximum absolute atomic E-state index is 13.6. The zero-order chi connectivity index (χ0) is 20.5. The third-order valence-corrected chi connectivity index (χ3v) is 6.25. The lowest BCUT2D eigenvalue weighted by Crippen LogP contribution is -2.45. The number of amides is 1. The summed E-state index contributed by atoms with van der Waals surface area (Å²) in [7, 11) is 2.41. The van der Waals surface area contributed by atoms with Crippen LogP contribution < -0.4 is 10.6 Å². The highest BCUT2D eigenvalue weighted by Gasteiger charge is 2.26. The fourth-order valence-electron chi connectivity index (χ4n) is 4.10. The lowest BCUT2D eigenvalue weighted by Gasteiger charge is -2.28. The Morgan fingerprint density at radius 2 is 2.14 bits per heavy atom. The number of carbonyl (C=O) groups is 1. The van der Waals surface area contributed by atoms with Crippen LogP contribution in [0.25, 0.3) is 11.0 Å². The van der Waals surface area contributed by atoms with Gasteiger partial charge in [-0.25, -0.2) is 9.37 Å². The number of carbonyl (C=O) groups excluding carboxylic acids is 1. The molecule has 2 aromatic carbocycles. The third-order valence-electron chi connectivity index (χ3n) is 5.81. The van der Waals surface area contributed by atoms with E-state index in [1.807, 2.05) is 13.0 Å². The lowest BCUT2D eigenvalue weighted by atomic mass is 9.92. The lowest BCUT2D eigenvalue weighted by molar-refractivity contribution is 0.0718. The van der Waals surface area contributed by atoms with E-state index in [0.29, 0.717) is 29.2 Å². The Hall–Kier alpha value is -2.30. The van der Waals surface area contributed by atoms with Crippen LogP contribution in [0.3, 0.4) is 0 Å². The molecular formula is C22H25FN3O2P. The standard InChI is InChI=1S/C22H25FN3O2P/c1-12-14(8-13-6-7-16(23)19(29)9-13)10-15(21-20(12)24-11-25-21)22(28)26-17-4-2-3-5-18(17)27/h6-7,9-11,17-18,27H,2-5,8,29H2,1H3,(H,24,25)(H,26,28)/t17-,18-/m1/s1. The van der Waals surface area contributed by atoms with Crippen LogP contribution in [0.1, 0.15) is 52.7 Å². The first-order valence-electron chi connectivity index (χ1n) is 9.92. The molecule has 0 aliphatic heterocycles. The summed E-state index contributed by atoms with van der Waals surface area (Å²) in [5.74, 6) is -0.471. The number of aromatic amines is 1. The van der Waals surface area contributed by atoms with Crippen LogP contribution in [0.15, 0.2) is 30.6 Å². The van der Waals surface area contributed by atoms with E-state index in [0.717, 1.165) is 41.5 Å². The molecule has 1 heterocycles. The smallest absolute Gasteiger partial charge is 0.253 e. The van der Waals surface area contributed by atoms with Crippen LogP contribution in [-0.2, 0) is 6.42 Å². The molecule has 29 heavy (non-hydrogen) atoms. The Morgan fingerprint density at radius 1 is 1.34 bits per heavy atom. The summed E-state index contributed by atoms with van der Waals surface area (Å²) >= 11 is 0. The summed E-state index contributed by atoms with van der Waals surface area (Å²) in [5.41, 5.74) is 4.89. The van der Waals surface area contributed by atoms with Gasteiger partial charge in [0.2, 0.25) is 0 Å². The van der Waals surface area contributed by atoms with Gasteiger partial charge in [0.1, 0.15) is 5.82 Å². The van der Waals surface area contributed by atoms with Crippen LogP contribution in [-0.4, -0.2) is 33.1 Å². The van der Waals surface area contributed by atoms with Crippen molar-refractivity contribution >= 4 is 31.5 Å². The van der Waals surface area contributed by atoms with E-state index >= 15 is 0 Å². The van der Waals surface area contributed by atoms with Crippen molar-refractivity contribution in [3.63, 3.8) is 0 Å². The molecule has 1 aliphatic carbocycles. The maximum Gasteiger partial charge on any atom is 0.253 e. The van der Waals surface area contributed by atoms with Gasteiger partial charge in [-0.3, -0.25) is 4.79 Å². The fourth-order valence-corrected chi connectivity index (χ4v) is 4.41. The monoisotopic (exact) mass is 413 g/mol. The van der Waals surface area contributed by atoms with E-state index in [1.165, 1.54) is 6.07 Å². The molecule has 0 bridgehead atoms. The summed E-state index contributed by atoms with van der Waals surface area (Å²) in [6.07, 6.45) is 5.14. The van der Waals surface area contributed by atoms with Crippen LogP contribution in [0, 0.1) is 12.7 Å². The summed E-state index contributed by atoms with van der Waals surface area (Å²) in [5, 5.41) is 13.7. The first kappa shape index (κ1) is 20.0. The molecule has 1 unspecified atom stereocenters. The van der Waals surface area contributed by atoms with E-state index in [1.54, 1.807) is 18.5 Å². The molecular weight excluding hydrogens is 388 g/mol. The molecule has 1 aromatic heterocycles. The molecule has 152 valence electrons. The minimum absolute atomic E-state index is 0.211. The average Bonchev–Trinajstić information content (AvgIpc) is 3.19. The molecule has 1 saturated carbocycles. The number of hydrogen-bond acceptors (Lipinski definition) is 3. The van der Waals surface area contributed by atoms with Gasteiger partial charge in [0.15, 0.2) is 0 Å². The average molecular weight is 413 g/mol. The largest absolute Gasteiger partial charge is 0.391 e. The number of fused-ring (bicyclic) bond motifs is 1. The van der Waals surface area contributed by atoms with Gasteiger partial charge in [0, 0.05) is 5.30 Å². The van der Waals surface area contributed by atoms with Crippen molar-refractivity contribution in [3.8, 4) is 0 Å². The Kier molecular flexibility index (Phi) is 5.66. The molecule has 4 rings (SSSR count). The van der Waals surface area contributed by atoms with E-state index in [9.17, 15) is 14.3 Å². The second-order valence-electron chi connectivity index (χ2n) is 7.80. The van der Waals surface area contributed by atoms with Crippen LogP contribution in [0.5, 0.6) is 0 Å². The van der Waals surface area contributed by atoms with E-state index in [4.69, 9.17) is 0 Å². The van der Waals surface area contributed by atoms with Gasteiger partial charge in [-0.05, 0) is 61.1 Å². The van der Waals surface area contributed by atoms with Crippen molar-refractivity contribution in [2.75, 3.05) is 0 Å². The van der Waals surface area contributed by atoms with E-state index < -0.39 is 6.10 Å². The highest BCUT2D eigenvalue weighted by atomic mass is 31.0. The normalized spacial score (nSPS) is 19.4. The molecule has 3 atom stereocenters. The number of H-pyrrole nitrogens is 1. The van der Waals surface area contributed by atoms with E-state index in [-0.39, 0.29) is 17.8 Å². The Bertz CT molecular complexity index is 1070. The quantitative estimate of drug-likeness (QED) is 0.575. The first-order valence-corrected chi connectivity index (χ1v) is 10.5. The number of imidazole rings is 1. The summed E-state index contributed by atoms with van der Waals surface area (Å²) in [6.45, 7) is 1.98. The minimum atomic E-state index is -0.505. The second kappa shape index (κ2) is 8.21. The van der Waals surface area contributed by atoms with Crippen molar-refractivity contribution in [1.29, 1.82) is 0 Å². The SMILES string of the molecule is Cc1c(Cc2ccc(F)c(P)c2)cc(C(=O)N[C@@H]2CCCC[C@H]2O)c2[nH]cnc12. The van der Waals surface area contributed by atoms with Gasteiger partial charge < -0.3 is 15.4 Å². The second-order valence-corrected chi connectivity index (χ2v) is 8.42. The van der Waals surface area contributed by atoms with Gasteiger partial charge in [-0.15, -0.1) is 9.24 Å². The third kappa shape index (κ3) is 4.05. The molecule has 1 amide bonds. The topological polar surface area (TPSA) is 78.0 Å². The van der Waals surface area contributed by atoms with Gasteiger partial charge >= 0.3 is 0 Å². The number of aliphatic hydroxyl groups is 1. The number of halogens is 1. The number of aryl methyl sites for hydroxylation is 1. The van der Waals surface area contributed by atoms with Crippen molar-refractivity contribution in [3.05, 3.63) is 58.7 Å². The summed E-state index contributed by atoms with van der Waals surface area (Å²) < 4.78 is 13.6. The van der Waals surface area contributed by atoms with Crippen molar-refractivity contribution < 1.29 is 14.3 Å². The molecule has 0 spiro atoms. The summed E-state index contributed by atoms with van der Waals surface area (Å²) in [6, 6.07) is 6.67. The van der Waals surface area contributed by atoms with E-state index in [2.05, 4.69) is 24.5 Å². The van der Waals surface area contributed by atoms with Crippen LogP contribution in [0.2, 0.25) is 0 Å².